The van der Waals surface area contributed by atoms with Crippen LogP contribution < -0.4 is 4.90 Å². The summed E-state index contributed by atoms with van der Waals surface area (Å²) in [5.74, 6) is -2.21. The fraction of sp³-hybridized carbons (Fsp3) is 0.400. The average molecular weight is 399 g/mol. The van der Waals surface area contributed by atoms with Crippen molar-refractivity contribution in [1.29, 1.82) is 0 Å². The lowest BCUT2D eigenvalue weighted by Gasteiger charge is -2.31. The third-order valence-electron chi connectivity index (χ3n) is 5.45. The summed E-state index contributed by atoms with van der Waals surface area (Å²) in [5, 5.41) is 7.73. The van der Waals surface area contributed by atoms with Crippen molar-refractivity contribution in [2.24, 2.45) is 0 Å². The van der Waals surface area contributed by atoms with Crippen LogP contribution in [-0.4, -0.2) is 51.2 Å². The second-order valence-corrected chi connectivity index (χ2v) is 7.59. The van der Waals surface area contributed by atoms with Crippen molar-refractivity contribution in [3.8, 4) is 0 Å². The molecule has 2 fully saturated rings. The van der Waals surface area contributed by atoms with Gasteiger partial charge in [0.05, 0.1) is 5.56 Å². The number of carbonyl (C=O) groups is 1. The Balaban J connectivity index is 1.37. The van der Waals surface area contributed by atoms with Gasteiger partial charge in [0.1, 0.15) is 16.9 Å². The van der Waals surface area contributed by atoms with E-state index in [1.807, 2.05) is 18.2 Å². The molecule has 1 saturated carbocycles. The lowest BCUT2D eigenvalue weighted by molar-refractivity contribution is -0.0494. The summed E-state index contributed by atoms with van der Waals surface area (Å²) in [6.07, 6.45) is 3.05. The number of piperidine rings is 1. The number of anilines is 2. The number of benzene rings is 1. The Morgan fingerprint density at radius 2 is 1.86 bits per heavy atom. The Morgan fingerprint density at radius 3 is 2.55 bits per heavy atom. The lowest BCUT2D eigenvalue weighted by atomic mass is 10.1. The second-order valence-electron chi connectivity index (χ2n) is 7.59. The summed E-state index contributed by atoms with van der Waals surface area (Å²) >= 11 is 0. The third-order valence-corrected chi connectivity index (χ3v) is 5.45. The molecule has 0 radical (unpaired) electrons. The van der Waals surface area contributed by atoms with Gasteiger partial charge in [-0.2, -0.15) is 0 Å². The van der Waals surface area contributed by atoms with Crippen LogP contribution in [-0.2, 0) is 0 Å². The van der Waals surface area contributed by atoms with Crippen LogP contribution >= 0.6 is 0 Å². The number of nitrogens with zero attached hydrogens (tertiary/aromatic N) is 5. The molecule has 5 rings (SSSR count). The van der Waals surface area contributed by atoms with Crippen LogP contribution in [0.1, 0.15) is 36.0 Å². The van der Waals surface area contributed by atoms with Crippen molar-refractivity contribution >= 4 is 28.4 Å². The van der Waals surface area contributed by atoms with E-state index in [0.717, 1.165) is 24.3 Å². The molecule has 2 aromatic heterocycles. The molecule has 1 amide bonds. The number of hydrogen-bond donors (Lipinski definition) is 0. The van der Waals surface area contributed by atoms with Crippen molar-refractivity contribution < 1.29 is 18.2 Å². The van der Waals surface area contributed by atoms with Crippen LogP contribution in [0.4, 0.5) is 20.3 Å². The fourth-order valence-electron chi connectivity index (χ4n) is 3.66. The van der Waals surface area contributed by atoms with Crippen LogP contribution in [0.3, 0.4) is 0 Å². The molecule has 0 bridgehead atoms. The Bertz CT molecular complexity index is 1040. The number of amides is 1. The molecule has 3 heterocycles. The maximum Gasteiger partial charge on any atom is 0.255 e. The van der Waals surface area contributed by atoms with Gasteiger partial charge in [0, 0.05) is 43.9 Å². The minimum atomic E-state index is -2.68. The number of likely N-dealkylation sites (tertiary alicyclic amines) is 1. The molecule has 1 aliphatic carbocycles. The fourth-order valence-corrected chi connectivity index (χ4v) is 3.66. The van der Waals surface area contributed by atoms with E-state index in [2.05, 4.69) is 20.2 Å². The first-order valence-corrected chi connectivity index (χ1v) is 9.65. The topological polar surface area (TPSA) is 75.4 Å². The molecule has 2 aliphatic rings. The molecule has 0 unspecified atom stereocenters. The maximum absolute atomic E-state index is 13.3. The maximum atomic E-state index is 13.3. The normalized spacial score (nSPS) is 18.8. The summed E-state index contributed by atoms with van der Waals surface area (Å²) in [5.41, 5.74) is 2.69. The molecule has 1 aliphatic heterocycles. The highest BCUT2D eigenvalue weighted by atomic mass is 19.3. The Morgan fingerprint density at radius 1 is 1.10 bits per heavy atom. The number of rotatable bonds is 4. The molecule has 150 valence electrons. The molecule has 0 atom stereocenters. The molecule has 7 nitrogen and oxygen atoms in total. The first-order chi connectivity index (χ1) is 14.0. The molecule has 29 heavy (non-hydrogen) atoms. The minimum Gasteiger partial charge on any atom is -0.338 e. The van der Waals surface area contributed by atoms with Crippen molar-refractivity contribution in [2.45, 2.75) is 37.6 Å². The van der Waals surface area contributed by atoms with Gasteiger partial charge in [-0.05, 0) is 53.5 Å². The number of halogens is 2. The highest BCUT2D eigenvalue weighted by molar-refractivity contribution is 5.94. The summed E-state index contributed by atoms with van der Waals surface area (Å²) in [6.45, 7) is 0.126. The highest BCUT2D eigenvalue weighted by Crippen LogP contribution is 2.38. The van der Waals surface area contributed by atoms with E-state index < -0.39 is 5.92 Å². The van der Waals surface area contributed by atoms with E-state index in [4.69, 9.17) is 4.63 Å². The van der Waals surface area contributed by atoms with E-state index in [-0.39, 0.29) is 31.8 Å². The molecular weight excluding hydrogens is 380 g/mol. The number of aromatic nitrogens is 3. The number of alkyl halides is 2. The summed E-state index contributed by atoms with van der Waals surface area (Å²) in [4.78, 5) is 20.7. The zero-order chi connectivity index (χ0) is 20.0. The Hall–Kier alpha value is -3.10. The van der Waals surface area contributed by atoms with E-state index in [0.29, 0.717) is 22.6 Å². The average Bonchev–Trinajstić information content (AvgIpc) is 3.44. The van der Waals surface area contributed by atoms with Crippen LogP contribution in [0.2, 0.25) is 0 Å². The zero-order valence-corrected chi connectivity index (χ0v) is 15.6. The lowest BCUT2D eigenvalue weighted by Crippen LogP contribution is -2.42. The molecule has 1 saturated heterocycles. The zero-order valence-electron chi connectivity index (χ0n) is 15.6. The Labute approximate surface area is 165 Å². The van der Waals surface area contributed by atoms with Crippen LogP contribution in [0, 0.1) is 0 Å². The van der Waals surface area contributed by atoms with Crippen LogP contribution in [0.25, 0.3) is 11.0 Å². The van der Waals surface area contributed by atoms with Crippen molar-refractivity contribution in [3.05, 3.63) is 42.1 Å². The van der Waals surface area contributed by atoms with Gasteiger partial charge in [-0.15, -0.1) is 0 Å². The summed E-state index contributed by atoms with van der Waals surface area (Å²) < 4.78 is 31.4. The molecule has 1 aromatic carbocycles. The standard InChI is InChI=1S/C20H19F2N5O2/c21-20(22)7-9-26(10-8-20)19(28)13-1-6-18(23-12-13)27(14-2-3-14)15-4-5-16-17(11-15)25-29-24-16/h1,4-6,11-12,14H,2-3,7-10H2. The first kappa shape index (κ1) is 18.0. The van der Waals surface area contributed by atoms with Crippen molar-refractivity contribution in [1.82, 2.24) is 20.2 Å². The SMILES string of the molecule is O=C(c1ccc(N(c2ccc3nonc3c2)C2CC2)nc1)N1CCC(F)(F)CC1. The van der Waals surface area contributed by atoms with Gasteiger partial charge < -0.3 is 9.80 Å². The monoisotopic (exact) mass is 399 g/mol. The van der Waals surface area contributed by atoms with Gasteiger partial charge in [-0.25, -0.2) is 18.4 Å². The van der Waals surface area contributed by atoms with E-state index in [9.17, 15) is 13.6 Å². The van der Waals surface area contributed by atoms with Gasteiger partial charge in [0.25, 0.3) is 11.8 Å². The predicted octanol–water partition coefficient (Wildman–Crippen LogP) is 3.79. The Kier molecular flexibility index (Phi) is 4.18. The van der Waals surface area contributed by atoms with Gasteiger partial charge in [-0.3, -0.25) is 4.79 Å². The van der Waals surface area contributed by atoms with Crippen LogP contribution in [0.15, 0.2) is 41.2 Å². The van der Waals surface area contributed by atoms with Gasteiger partial charge in [0.15, 0.2) is 0 Å². The molecule has 9 heteroatoms. The summed E-state index contributed by atoms with van der Waals surface area (Å²) in [7, 11) is 0. The van der Waals surface area contributed by atoms with Crippen molar-refractivity contribution in [2.75, 3.05) is 18.0 Å². The molecule has 0 spiro atoms. The van der Waals surface area contributed by atoms with Crippen LogP contribution in [0.5, 0.6) is 0 Å². The number of pyridine rings is 1. The summed E-state index contributed by atoms with van der Waals surface area (Å²) in [6, 6.07) is 9.54. The molecule has 3 aromatic rings. The molecular formula is C20H19F2N5O2. The largest absolute Gasteiger partial charge is 0.338 e. The van der Waals surface area contributed by atoms with E-state index in [1.54, 1.807) is 12.1 Å². The van der Waals surface area contributed by atoms with E-state index in [1.165, 1.54) is 11.1 Å². The second kappa shape index (κ2) is 6.75. The van der Waals surface area contributed by atoms with Crippen molar-refractivity contribution in [3.63, 3.8) is 0 Å². The quantitative estimate of drug-likeness (QED) is 0.665. The van der Waals surface area contributed by atoms with E-state index >= 15 is 0 Å². The highest BCUT2D eigenvalue weighted by Gasteiger charge is 2.36. The van der Waals surface area contributed by atoms with Gasteiger partial charge >= 0.3 is 0 Å². The first-order valence-electron chi connectivity index (χ1n) is 9.65. The van der Waals surface area contributed by atoms with Gasteiger partial charge in [-0.1, -0.05) is 0 Å². The van der Waals surface area contributed by atoms with Gasteiger partial charge in [0.2, 0.25) is 0 Å². The number of carbonyl (C=O) groups excluding carboxylic acids is 1. The predicted molar refractivity (Wildman–Crippen MR) is 101 cm³/mol. The smallest absolute Gasteiger partial charge is 0.255 e. The molecule has 0 N–H and O–H groups in total. The third kappa shape index (κ3) is 3.52. The number of fused-ring (bicyclic) bond motifs is 1. The number of hydrogen-bond acceptors (Lipinski definition) is 6. The minimum absolute atomic E-state index is 0.0630.